The molecule has 0 bridgehead atoms. The first kappa shape index (κ1) is 12.4. The Morgan fingerprint density at radius 1 is 1.31 bits per heavy atom. The minimum absolute atomic E-state index is 0.181. The molecule has 1 aliphatic heterocycles. The van der Waals surface area contributed by atoms with E-state index in [1.807, 2.05) is 0 Å². The number of halogens is 2. The van der Waals surface area contributed by atoms with E-state index in [0.717, 1.165) is 28.6 Å². The van der Waals surface area contributed by atoms with Crippen LogP contribution in [0.4, 0.5) is 5.69 Å². The Morgan fingerprint density at radius 2 is 2.06 bits per heavy atom. The predicted octanol–water partition coefficient (Wildman–Crippen LogP) is 3.40. The molecule has 0 unspecified atom stereocenters. The van der Waals surface area contributed by atoms with E-state index in [4.69, 9.17) is 0 Å². The molecule has 0 atom stereocenters. The summed E-state index contributed by atoms with van der Waals surface area (Å²) in [6, 6.07) is 6.32. The molecule has 0 saturated carbocycles. The van der Waals surface area contributed by atoms with E-state index in [2.05, 4.69) is 74.1 Å². The Labute approximate surface area is 114 Å². The normalized spacial score (nSPS) is 19.9. The zero-order valence-electron chi connectivity index (χ0n) is 9.56. The van der Waals surface area contributed by atoms with Gasteiger partial charge in [0, 0.05) is 34.1 Å². The Balaban J connectivity index is 2.26. The van der Waals surface area contributed by atoms with Gasteiger partial charge in [-0.2, -0.15) is 0 Å². The summed E-state index contributed by atoms with van der Waals surface area (Å²) in [4.78, 5) is 2.42. The van der Waals surface area contributed by atoms with Crippen molar-refractivity contribution in [2.75, 3.05) is 24.5 Å². The van der Waals surface area contributed by atoms with Crippen molar-refractivity contribution in [2.24, 2.45) is 0 Å². The number of piperazine rings is 1. The Bertz CT molecular complexity index is 391. The SMILES string of the molecule is CC1(C)CN(c2cc(Br)ccc2Br)CCN1. The molecule has 0 spiro atoms. The van der Waals surface area contributed by atoms with Crippen LogP contribution in [0.5, 0.6) is 0 Å². The molecule has 1 saturated heterocycles. The molecule has 1 aromatic rings. The number of benzene rings is 1. The van der Waals surface area contributed by atoms with Crippen LogP contribution < -0.4 is 10.2 Å². The van der Waals surface area contributed by atoms with E-state index in [9.17, 15) is 0 Å². The van der Waals surface area contributed by atoms with Gasteiger partial charge < -0.3 is 10.2 Å². The van der Waals surface area contributed by atoms with Crippen molar-refractivity contribution < 1.29 is 0 Å². The number of hydrogen-bond acceptors (Lipinski definition) is 2. The third-order valence-electron chi connectivity index (χ3n) is 2.82. The van der Waals surface area contributed by atoms with Gasteiger partial charge in [-0.3, -0.25) is 0 Å². The maximum atomic E-state index is 3.62. The number of rotatable bonds is 1. The van der Waals surface area contributed by atoms with Crippen molar-refractivity contribution in [2.45, 2.75) is 19.4 Å². The van der Waals surface area contributed by atoms with Crippen molar-refractivity contribution in [3.8, 4) is 0 Å². The first-order valence-corrected chi connectivity index (χ1v) is 7.02. The molecule has 1 aromatic carbocycles. The van der Waals surface area contributed by atoms with Crippen molar-refractivity contribution in [3.05, 3.63) is 27.1 Å². The molecular formula is C12H16Br2N2. The molecule has 1 fully saturated rings. The highest BCUT2D eigenvalue weighted by atomic mass is 79.9. The number of nitrogens with zero attached hydrogens (tertiary/aromatic N) is 1. The molecule has 88 valence electrons. The van der Waals surface area contributed by atoms with Gasteiger partial charge >= 0.3 is 0 Å². The molecule has 0 aromatic heterocycles. The fraction of sp³-hybridized carbons (Fsp3) is 0.500. The van der Waals surface area contributed by atoms with Crippen molar-refractivity contribution in [3.63, 3.8) is 0 Å². The topological polar surface area (TPSA) is 15.3 Å². The third-order valence-corrected chi connectivity index (χ3v) is 3.98. The van der Waals surface area contributed by atoms with Gasteiger partial charge in [-0.1, -0.05) is 15.9 Å². The molecule has 2 rings (SSSR count). The van der Waals surface area contributed by atoms with Gasteiger partial charge in [0.2, 0.25) is 0 Å². The first-order valence-electron chi connectivity index (χ1n) is 5.43. The van der Waals surface area contributed by atoms with Gasteiger partial charge in [0.1, 0.15) is 0 Å². The summed E-state index contributed by atoms with van der Waals surface area (Å²) in [5.74, 6) is 0. The van der Waals surface area contributed by atoms with Crippen LogP contribution in [0.3, 0.4) is 0 Å². The summed E-state index contributed by atoms with van der Waals surface area (Å²) >= 11 is 7.15. The molecular weight excluding hydrogens is 332 g/mol. The van der Waals surface area contributed by atoms with Crippen molar-refractivity contribution in [1.29, 1.82) is 0 Å². The minimum atomic E-state index is 0.181. The smallest absolute Gasteiger partial charge is 0.0523 e. The van der Waals surface area contributed by atoms with Crippen molar-refractivity contribution >= 4 is 37.5 Å². The molecule has 16 heavy (non-hydrogen) atoms. The summed E-state index contributed by atoms with van der Waals surface area (Å²) in [6.45, 7) is 7.60. The highest BCUT2D eigenvalue weighted by molar-refractivity contribution is 9.11. The lowest BCUT2D eigenvalue weighted by atomic mass is 10.0. The van der Waals surface area contributed by atoms with Crippen LogP contribution in [0, 0.1) is 0 Å². The molecule has 0 aliphatic carbocycles. The average molecular weight is 348 g/mol. The average Bonchev–Trinajstić information content (AvgIpc) is 2.20. The van der Waals surface area contributed by atoms with Crippen LogP contribution in [0.15, 0.2) is 27.1 Å². The molecule has 0 radical (unpaired) electrons. The van der Waals surface area contributed by atoms with Gasteiger partial charge in [-0.05, 0) is 48.0 Å². The zero-order chi connectivity index (χ0) is 11.8. The molecule has 4 heteroatoms. The maximum absolute atomic E-state index is 3.62. The Kier molecular flexibility index (Phi) is 3.62. The maximum Gasteiger partial charge on any atom is 0.0523 e. The summed E-state index contributed by atoms with van der Waals surface area (Å²) in [6.07, 6.45) is 0. The van der Waals surface area contributed by atoms with Crippen LogP contribution in [-0.2, 0) is 0 Å². The summed E-state index contributed by atoms with van der Waals surface area (Å²) in [5.41, 5.74) is 1.45. The van der Waals surface area contributed by atoms with Gasteiger partial charge in [0.05, 0.1) is 5.69 Å². The van der Waals surface area contributed by atoms with E-state index in [0.29, 0.717) is 0 Å². The standard InChI is InChI=1S/C12H16Br2N2/c1-12(2)8-16(6-5-15-12)11-7-9(13)3-4-10(11)14/h3-4,7,15H,5-6,8H2,1-2H3. The second-order valence-corrected chi connectivity index (χ2v) is 6.60. The van der Waals surface area contributed by atoms with E-state index in [1.165, 1.54) is 5.69 Å². The monoisotopic (exact) mass is 346 g/mol. The number of nitrogens with one attached hydrogen (secondary N) is 1. The van der Waals surface area contributed by atoms with Crippen LogP contribution in [0.1, 0.15) is 13.8 Å². The van der Waals surface area contributed by atoms with Crippen LogP contribution in [0.2, 0.25) is 0 Å². The molecule has 1 N–H and O–H groups in total. The van der Waals surface area contributed by atoms with E-state index < -0.39 is 0 Å². The molecule has 1 heterocycles. The van der Waals surface area contributed by atoms with Crippen LogP contribution >= 0.6 is 31.9 Å². The van der Waals surface area contributed by atoms with Crippen LogP contribution in [0.25, 0.3) is 0 Å². The second-order valence-electron chi connectivity index (χ2n) is 4.83. The molecule has 0 amide bonds. The van der Waals surface area contributed by atoms with Gasteiger partial charge in [-0.15, -0.1) is 0 Å². The summed E-state index contributed by atoms with van der Waals surface area (Å²) < 4.78 is 2.29. The zero-order valence-corrected chi connectivity index (χ0v) is 12.7. The highest BCUT2D eigenvalue weighted by Crippen LogP contribution is 2.31. The van der Waals surface area contributed by atoms with Gasteiger partial charge in [0.25, 0.3) is 0 Å². The van der Waals surface area contributed by atoms with E-state index >= 15 is 0 Å². The second kappa shape index (κ2) is 4.67. The quantitative estimate of drug-likeness (QED) is 0.837. The minimum Gasteiger partial charge on any atom is -0.367 e. The predicted molar refractivity (Wildman–Crippen MR) is 76.1 cm³/mol. The highest BCUT2D eigenvalue weighted by Gasteiger charge is 2.26. The summed E-state index contributed by atoms with van der Waals surface area (Å²) in [5, 5.41) is 3.52. The fourth-order valence-corrected chi connectivity index (χ4v) is 2.92. The largest absolute Gasteiger partial charge is 0.367 e. The lowest BCUT2D eigenvalue weighted by Crippen LogP contribution is -2.57. The lowest BCUT2D eigenvalue weighted by Gasteiger charge is -2.40. The van der Waals surface area contributed by atoms with E-state index in [1.54, 1.807) is 0 Å². The first-order chi connectivity index (χ1) is 7.48. The van der Waals surface area contributed by atoms with Crippen molar-refractivity contribution in [1.82, 2.24) is 5.32 Å². The third kappa shape index (κ3) is 2.79. The van der Waals surface area contributed by atoms with Crippen LogP contribution in [-0.4, -0.2) is 25.2 Å². The molecule has 2 nitrogen and oxygen atoms in total. The lowest BCUT2D eigenvalue weighted by molar-refractivity contribution is 0.353. The van der Waals surface area contributed by atoms with Gasteiger partial charge in [0.15, 0.2) is 0 Å². The fourth-order valence-electron chi connectivity index (χ4n) is 2.08. The van der Waals surface area contributed by atoms with E-state index in [-0.39, 0.29) is 5.54 Å². The molecule has 1 aliphatic rings. The number of hydrogen-bond donors (Lipinski definition) is 1. The van der Waals surface area contributed by atoms with Gasteiger partial charge in [-0.25, -0.2) is 0 Å². The number of anilines is 1. The summed E-state index contributed by atoms with van der Waals surface area (Å²) in [7, 11) is 0. The Morgan fingerprint density at radius 3 is 2.75 bits per heavy atom. The Hall–Kier alpha value is -0.0600.